The van der Waals surface area contributed by atoms with Gasteiger partial charge in [0, 0.05) is 36.9 Å². The van der Waals surface area contributed by atoms with Gasteiger partial charge in [-0.05, 0) is 42.5 Å². The van der Waals surface area contributed by atoms with Crippen LogP contribution < -0.4 is 4.90 Å². The Morgan fingerprint density at radius 3 is 2.22 bits per heavy atom. The lowest BCUT2D eigenvalue weighted by molar-refractivity contribution is 0.385. The monoisotopic (exact) mass is 354 g/mol. The zero-order valence-corrected chi connectivity index (χ0v) is 13.9. The zero-order chi connectivity index (χ0) is 16.4. The van der Waals surface area contributed by atoms with Gasteiger partial charge >= 0.3 is 0 Å². The van der Waals surface area contributed by atoms with Crippen LogP contribution in [0.4, 0.5) is 10.1 Å². The summed E-state index contributed by atoms with van der Waals surface area (Å²) in [4.78, 5) is 2.25. The molecule has 1 aliphatic rings. The Bertz CT molecular complexity index is 788. The van der Waals surface area contributed by atoms with E-state index in [0.29, 0.717) is 31.2 Å². The molecule has 2 aromatic rings. The first-order valence-corrected chi connectivity index (χ1v) is 9.05. The SMILES string of the molecule is O=S(=O)(c1cccc(Cl)c1)N1CCN(c2ccc(F)cc2)CC1. The summed E-state index contributed by atoms with van der Waals surface area (Å²) in [6.45, 7) is 1.88. The average Bonchev–Trinajstić information content (AvgIpc) is 2.56. The van der Waals surface area contributed by atoms with Crippen LogP contribution in [0.25, 0.3) is 0 Å². The van der Waals surface area contributed by atoms with Crippen LogP contribution in [-0.2, 0) is 10.0 Å². The highest BCUT2D eigenvalue weighted by atomic mass is 35.5. The molecule has 0 amide bonds. The summed E-state index contributed by atoms with van der Waals surface area (Å²) in [5, 5.41) is 0.399. The molecule has 1 saturated heterocycles. The van der Waals surface area contributed by atoms with Crippen LogP contribution in [0.2, 0.25) is 5.02 Å². The van der Waals surface area contributed by atoms with E-state index in [9.17, 15) is 12.8 Å². The van der Waals surface area contributed by atoms with Crippen LogP contribution in [0.3, 0.4) is 0 Å². The van der Waals surface area contributed by atoms with Crippen molar-refractivity contribution in [2.24, 2.45) is 0 Å². The van der Waals surface area contributed by atoms with E-state index in [-0.39, 0.29) is 10.7 Å². The van der Waals surface area contributed by atoms with Gasteiger partial charge in [-0.15, -0.1) is 0 Å². The van der Waals surface area contributed by atoms with Crippen molar-refractivity contribution in [1.29, 1.82) is 0 Å². The largest absolute Gasteiger partial charge is 0.369 e. The van der Waals surface area contributed by atoms with Crippen molar-refractivity contribution < 1.29 is 12.8 Å². The van der Waals surface area contributed by atoms with E-state index < -0.39 is 10.0 Å². The van der Waals surface area contributed by atoms with Gasteiger partial charge in [0.15, 0.2) is 0 Å². The van der Waals surface area contributed by atoms with Crippen molar-refractivity contribution in [1.82, 2.24) is 4.31 Å². The number of nitrogens with zero attached hydrogens (tertiary/aromatic N) is 2. The average molecular weight is 355 g/mol. The van der Waals surface area contributed by atoms with Crippen molar-refractivity contribution in [2.75, 3.05) is 31.1 Å². The number of hydrogen-bond donors (Lipinski definition) is 0. The quantitative estimate of drug-likeness (QED) is 0.850. The first kappa shape index (κ1) is 16.2. The smallest absolute Gasteiger partial charge is 0.243 e. The molecule has 0 aromatic heterocycles. The molecule has 0 unspecified atom stereocenters. The second-order valence-electron chi connectivity index (χ2n) is 5.32. The normalized spacial score (nSPS) is 16.5. The summed E-state index contributed by atoms with van der Waals surface area (Å²) in [5.41, 5.74) is 0.895. The molecule has 1 aliphatic heterocycles. The molecule has 1 fully saturated rings. The van der Waals surface area contributed by atoms with Crippen molar-refractivity contribution in [3.63, 3.8) is 0 Å². The minimum absolute atomic E-state index is 0.209. The third-order valence-corrected chi connectivity index (χ3v) is 5.99. The van der Waals surface area contributed by atoms with Crippen LogP contribution in [0, 0.1) is 5.82 Å². The van der Waals surface area contributed by atoms with Gasteiger partial charge in [0.05, 0.1) is 4.90 Å². The molecule has 2 aromatic carbocycles. The zero-order valence-electron chi connectivity index (χ0n) is 12.3. The highest BCUT2D eigenvalue weighted by molar-refractivity contribution is 7.89. The van der Waals surface area contributed by atoms with Gasteiger partial charge in [0.25, 0.3) is 0 Å². The van der Waals surface area contributed by atoms with E-state index in [1.54, 1.807) is 30.3 Å². The standard InChI is InChI=1S/C16H16ClFN2O2S/c17-13-2-1-3-16(12-13)23(21,22)20-10-8-19(9-11-20)15-6-4-14(18)5-7-15/h1-7,12H,8-11H2. The number of benzene rings is 2. The molecule has 0 saturated carbocycles. The third-order valence-electron chi connectivity index (χ3n) is 3.86. The Hall–Kier alpha value is -1.63. The lowest BCUT2D eigenvalue weighted by atomic mass is 10.2. The lowest BCUT2D eigenvalue weighted by Crippen LogP contribution is -2.48. The Balaban J connectivity index is 1.72. The van der Waals surface area contributed by atoms with Crippen molar-refractivity contribution in [2.45, 2.75) is 4.90 Å². The highest BCUT2D eigenvalue weighted by Gasteiger charge is 2.28. The molecule has 0 N–H and O–H groups in total. The van der Waals surface area contributed by atoms with Crippen LogP contribution in [-0.4, -0.2) is 38.9 Å². The van der Waals surface area contributed by atoms with E-state index in [1.165, 1.54) is 22.5 Å². The topological polar surface area (TPSA) is 40.6 Å². The fourth-order valence-electron chi connectivity index (χ4n) is 2.62. The Labute approximate surface area is 140 Å². The second kappa shape index (κ2) is 6.47. The fraction of sp³-hybridized carbons (Fsp3) is 0.250. The fourth-order valence-corrected chi connectivity index (χ4v) is 4.34. The molecule has 0 aliphatic carbocycles. The number of anilines is 1. The van der Waals surface area contributed by atoms with Crippen LogP contribution in [0.1, 0.15) is 0 Å². The Kier molecular flexibility index (Phi) is 4.57. The van der Waals surface area contributed by atoms with Crippen LogP contribution >= 0.6 is 11.6 Å². The summed E-state index contributed by atoms with van der Waals surface area (Å²) >= 11 is 5.88. The number of hydrogen-bond acceptors (Lipinski definition) is 3. The van der Waals surface area contributed by atoms with Crippen molar-refractivity contribution in [3.8, 4) is 0 Å². The summed E-state index contributed by atoms with van der Waals surface area (Å²) in [6, 6.07) is 12.5. The maximum atomic E-state index is 13.0. The molecule has 23 heavy (non-hydrogen) atoms. The number of sulfonamides is 1. The third kappa shape index (κ3) is 3.49. The Morgan fingerprint density at radius 1 is 0.957 bits per heavy atom. The maximum Gasteiger partial charge on any atom is 0.243 e. The molecule has 0 radical (unpaired) electrons. The van der Waals surface area contributed by atoms with Crippen LogP contribution in [0.5, 0.6) is 0 Å². The first-order valence-electron chi connectivity index (χ1n) is 7.23. The van der Waals surface area contributed by atoms with E-state index >= 15 is 0 Å². The maximum absolute atomic E-state index is 13.0. The Morgan fingerprint density at radius 2 is 1.61 bits per heavy atom. The number of rotatable bonds is 3. The van der Waals surface area contributed by atoms with Crippen molar-refractivity contribution in [3.05, 3.63) is 59.4 Å². The molecule has 122 valence electrons. The molecule has 0 bridgehead atoms. The van der Waals surface area contributed by atoms with Gasteiger partial charge < -0.3 is 4.90 Å². The molecule has 4 nitrogen and oxygen atoms in total. The van der Waals surface area contributed by atoms with E-state index in [4.69, 9.17) is 11.6 Å². The summed E-state index contributed by atoms with van der Waals surface area (Å²) in [7, 11) is -3.53. The first-order chi connectivity index (χ1) is 11.0. The van der Waals surface area contributed by atoms with Crippen molar-refractivity contribution >= 4 is 27.3 Å². The molecular formula is C16H16ClFN2O2S. The summed E-state index contributed by atoms with van der Waals surface area (Å²) < 4.78 is 39.7. The molecule has 3 rings (SSSR count). The van der Waals surface area contributed by atoms with E-state index in [0.717, 1.165) is 5.69 Å². The molecule has 1 heterocycles. The van der Waals surface area contributed by atoms with Gasteiger partial charge in [-0.3, -0.25) is 0 Å². The van der Waals surface area contributed by atoms with Gasteiger partial charge in [-0.1, -0.05) is 17.7 Å². The van der Waals surface area contributed by atoms with E-state index in [2.05, 4.69) is 0 Å². The second-order valence-corrected chi connectivity index (χ2v) is 7.70. The van der Waals surface area contributed by atoms with Gasteiger partial charge in [-0.25, -0.2) is 12.8 Å². The molecule has 0 atom stereocenters. The molecular weight excluding hydrogens is 339 g/mol. The minimum Gasteiger partial charge on any atom is -0.369 e. The molecule has 7 heteroatoms. The van der Waals surface area contributed by atoms with Gasteiger partial charge in [0.1, 0.15) is 5.82 Å². The molecule has 0 spiro atoms. The number of halogens is 2. The van der Waals surface area contributed by atoms with Crippen LogP contribution in [0.15, 0.2) is 53.4 Å². The highest BCUT2D eigenvalue weighted by Crippen LogP contribution is 2.23. The predicted molar refractivity (Wildman–Crippen MR) is 88.8 cm³/mol. The minimum atomic E-state index is -3.53. The summed E-state index contributed by atoms with van der Waals surface area (Å²) in [5.74, 6) is -0.282. The van der Waals surface area contributed by atoms with Gasteiger partial charge in [-0.2, -0.15) is 4.31 Å². The lowest BCUT2D eigenvalue weighted by Gasteiger charge is -2.35. The number of piperazine rings is 1. The van der Waals surface area contributed by atoms with Gasteiger partial charge in [0.2, 0.25) is 10.0 Å². The van der Waals surface area contributed by atoms with E-state index in [1.807, 2.05) is 4.90 Å². The predicted octanol–water partition coefficient (Wildman–Crippen LogP) is 2.99. The summed E-state index contributed by atoms with van der Waals surface area (Å²) in [6.07, 6.45) is 0.